The highest BCUT2D eigenvalue weighted by Gasteiger charge is 2.06. The van der Waals surface area contributed by atoms with Crippen molar-refractivity contribution in [2.45, 2.75) is 26.3 Å². The first-order valence-corrected chi connectivity index (χ1v) is 6.33. The summed E-state index contributed by atoms with van der Waals surface area (Å²) in [5.41, 5.74) is 2.17. The van der Waals surface area contributed by atoms with Crippen LogP contribution in [0, 0.1) is 6.92 Å². The Morgan fingerprint density at radius 3 is 2.61 bits per heavy atom. The Labute approximate surface area is 112 Å². The second-order valence-corrected chi connectivity index (χ2v) is 4.74. The van der Waals surface area contributed by atoms with Gasteiger partial charge in [0.05, 0.1) is 0 Å². The minimum absolute atomic E-state index is 0.282. The van der Waals surface area contributed by atoms with Gasteiger partial charge in [0.1, 0.15) is 5.82 Å². The summed E-state index contributed by atoms with van der Waals surface area (Å²) in [5.74, 6) is 0.774. The van der Waals surface area contributed by atoms with E-state index in [1.54, 1.807) is 0 Å². The zero-order valence-corrected chi connectivity index (χ0v) is 11.3. The first-order valence-electron chi connectivity index (χ1n) is 5.95. The summed E-state index contributed by atoms with van der Waals surface area (Å²) < 4.78 is 0. The lowest BCUT2D eigenvalue weighted by molar-refractivity contribution is 0.783. The first kappa shape index (κ1) is 12.8. The summed E-state index contributed by atoms with van der Waals surface area (Å²) in [6.45, 7) is 4.03. The minimum atomic E-state index is 0.282. The topological polar surface area (TPSA) is 37.8 Å². The number of aromatic nitrogens is 2. The lowest BCUT2D eigenvalue weighted by Gasteiger charge is -2.14. The molecule has 1 aromatic carbocycles. The second kappa shape index (κ2) is 5.83. The smallest absolute Gasteiger partial charge is 0.224 e. The van der Waals surface area contributed by atoms with Gasteiger partial charge >= 0.3 is 0 Å². The molecule has 0 saturated carbocycles. The number of anilines is 1. The Kier molecular flexibility index (Phi) is 4.15. The van der Waals surface area contributed by atoms with E-state index < -0.39 is 0 Å². The van der Waals surface area contributed by atoms with Crippen LogP contribution in [-0.2, 0) is 6.42 Å². The number of nitrogens with one attached hydrogen (secondary N) is 1. The predicted octanol–water partition coefficient (Wildman–Crippen LogP) is 3.48. The SMILES string of the molecule is Cc1cc(NC(C)Cc2ccccc2)nc(Cl)n1. The number of nitrogens with zero attached hydrogens (tertiary/aromatic N) is 2. The van der Waals surface area contributed by atoms with Crippen LogP contribution in [0.5, 0.6) is 0 Å². The zero-order chi connectivity index (χ0) is 13.0. The highest BCUT2D eigenvalue weighted by Crippen LogP contribution is 2.12. The predicted molar refractivity (Wildman–Crippen MR) is 75.0 cm³/mol. The first-order chi connectivity index (χ1) is 8.63. The average Bonchev–Trinajstić information content (AvgIpc) is 2.28. The Hall–Kier alpha value is -1.61. The molecule has 0 spiro atoms. The summed E-state index contributed by atoms with van der Waals surface area (Å²) >= 11 is 5.83. The van der Waals surface area contributed by atoms with E-state index in [-0.39, 0.29) is 11.3 Å². The third-order valence-corrected chi connectivity index (χ3v) is 2.77. The third-order valence-electron chi connectivity index (χ3n) is 2.61. The van der Waals surface area contributed by atoms with Crippen LogP contribution in [0.25, 0.3) is 0 Å². The molecule has 1 unspecified atom stereocenters. The number of aryl methyl sites for hydroxylation is 1. The quantitative estimate of drug-likeness (QED) is 0.857. The standard InChI is InChI=1S/C14H16ClN3/c1-10(8-12-6-4-3-5-7-12)16-13-9-11(2)17-14(15)18-13/h3-7,9-10H,8H2,1-2H3,(H,16,17,18). The molecule has 4 heteroatoms. The van der Waals surface area contributed by atoms with Gasteiger partial charge in [0.25, 0.3) is 0 Å². The second-order valence-electron chi connectivity index (χ2n) is 4.40. The summed E-state index contributed by atoms with van der Waals surface area (Å²) in [4.78, 5) is 8.20. The van der Waals surface area contributed by atoms with E-state index in [0.29, 0.717) is 0 Å². The molecular weight excluding hydrogens is 246 g/mol. The number of benzene rings is 1. The van der Waals surface area contributed by atoms with Gasteiger partial charge in [-0.1, -0.05) is 30.3 Å². The molecule has 0 aliphatic carbocycles. The molecule has 2 aromatic rings. The summed E-state index contributed by atoms with van der Waals surface area (Å²) in [6.07, 6.45) is 0.946. The number of hydrogen-bond donors (Lipinski definition) is 1. The number of hydrogen-bond acceptors (Lipinski definition) is 3. The third kappa shape index (κ3) is 3.70. The van der Waals surface area contributed by atoms with Gasteiger partial charge in [0.15, 0.2) is 0 Å². The molecule has 1 aromatic heterocycles. The van der Waals surface area contributed by atoms with Crippen LogP contribution in [-0.4, -0.2) is 16.0 Å². The molecule has 1 N–H and O–H groups in total. The number of rotatable bonds is 4. The lowest BCUT2D eigenvalue weighted by Crippen LogP contribution is -2.19. The van der Waals surface area contributed by atoms with E-state index in [9.17, 15) is 0 Å². The van der Waals surface area contributed by atoms with E-state index in [4.69, 9.17) is 11.6 Å². The van der Waals surface area contributed by atoms with E-state index >= 15 is 0 Å². The van der Waals surface area contributed by atoms with Crippen molar-refractivity contribution in [1.82, 2.24) is 9.97 Å². The lowest BCUT2D eigenvalue weighted by atomic mass is 10.1. The molecule has 1 heterocycles. The molecule has 18 heavy (non-hydrogen) atoms. The average molecular weight is 262 g/mol. The van der Waals surface area contributed by atoms with Crippen LogP contribution in [0.4, 0.5) is 5.82 Å². The Morgan fingerprint density at radius 1 is 1.22 bits per heavy atom. The summed E-state index contributed by atoms with van der Waals surface area (Å²) in [6, 6.07) is 12.6. The Bertz CT molecular complexity index is 493. The van der Waals surface area contributed by atoms with Crippen LogP contribution in [0.3, 0.4) is 0 Å². The van der Waals surface area contributed by atoms with Crippen molar-refractivity contribution in [3.8, 4) is 0 Å². The van der Waals surface area contributed by atoms with Crippen LogP contribution >= 0.6 is 11.6 Å². The van der Waals surface area contributed by atoms with Gasteiger partial charge < -0.3 is 5.32 Å². The summed E-state index contributed by atoms with van der Waals surface area (Å²) in [7, 11) is 0. The molecule has 0 amide bonds. The van der Waals surface area contributed by atoms with Crippen LogP contribution in [0.1, 0.15) is 18.2 Å². The Morgan fingerprint density at radius 2 is 1.94 bits per heavy atom. The molecule has 0 bridgehead atoms. The van der Waals surface area contributed by atoms with Crippen molar-refractivity contribution in [2.75, 3.05) is 5.32 Å². The molecule has 94 valence electrons. The largest absolute Gasteiger partial charge is 0.367 e. The molecule has 3 nitrogen and oxygen atoms in total. The monoisotopic (exact) mass is 261 g/mol. The Balaban J connectivity index is 2.01. The normalized spacial score (nSPS) is 12.2. The molecule has 2 rings (SSSR count). The van der Waals surface area contributed by atoms with Crippen LogP contribution in [0.15, 0.2) is 36.4 Å². The van der Waals surface area contributed by atoms with Crippen LogP contribution < -0.4 is 5.32 Å². The molecule has 0 aliphatic rings. The van der Waals surface area contributed by atoms with Crippen molar-refractivity contribution in [1.29, 1.82) is 0 Å². The minimum Gasteiger partial charge on any atom is -0.367 e. The van der Waals surface area contributed by atoms with Gasteiger partial charge in [0.2, 0.25) is 5.28 Å². The van der Waals surface area contributed by atoms with Crippen molar-refractivity contribution >= 4 is 17.4 Å². The van der Waals surface area contributed by atoms with Crippen molar-refractivity contribution in [3.63, 3.8) is 0 Å². The van der Waals surface area contributed by atoms with Crippen molar-refractivity contribution in [2.24, 2.45) is 0 Å². The fourth-order valence-electron chi connectivity index (χ4n) is 1.88. The van der Waals surface area contributed by atoms with Gasteiger partial charge in [-0.05, 0) is 37.4 Å². The molecule has 0 aliphatic heterocycles. The maximum atomic E-state index is 5.83. The summed E-state index contributed by atoms with van der Waals surface area (Å²) in [5, 5.41) is 3.62. The molecule has 0 fully saturated rings. The fraction of sp³-hybridized carbons (Fsp3) is 0.286. The van der Waals surface area contributed by atoms with E-state index in [1.165, 1.54) is 5.56 Å². The van der Waals surface area contributed by atoms with E-state index in [2.05, 4.69) is 34.3 Å². The molecule has 0 saturated heterocycles. The van der Waals surface area contributed by atoms with E-state index in [0.717, 1.165) is 17.9 Å². The van der Waals surface area contributed by atoms with Crippen molar-refractivity contribution < 1.29 is 0 Å². The molecular formula is C14H16ClN3. The van der Waals surface area contributed by atoms with Gasteiger partial charge in [-0.2, -0.15) is 0 Å². The number of halogens is 1. The van der Waals surface area contributed by atoms with Gasteiger partial charge in [0, 0.05) is 17.8 Å². The van der Waals surface area contributed by atoms with Crippen LogP contribution in [0.2, 0.25) is 5.28 Å². The van der Waals surface area contributed by atoms with E-state index in [1.807, 2.05) is 31.2 Å². The highest BCUT2D eigenvalue weighted by atomic mass is 35.5. The van der Waals surface area contributed by atoms with Gasteiger partial charge in [-0.3, -0.25) is 0 Å². The molecule has 1 atom stereocenters. The highest BCUT2D eigenvalue weighted by molar-refractivity contribution is 6.28. The maximum Gasteiger partial charge on any atom is 0.224 e. The zero-order valence-electron chi connectivity index (χ0n) is 10.5. The molecule has 0 radical (unpaired) electrons. The fourth-order valence-corrected chi connectivity index (χ4v) is 2.10. The maximum absolute atomic E-state index is 5.83. The van der Waals surface area contributed by atoms with Gasteiger partial charge in [-0.15, -0.1) is 0 Å². The van der Waals surface area contributed by atoms with Crippen molar-refractivity contribution in [3.05, 3.63) is 52.9 Å². The van der Waals surface area contributed by atoms with Gasteiger partial charge in [-0.25, -0.2) is 9.97 Å².